The van der Waals surface area contributed by atoms with Crippen LogP contribution in [0, 0.1) is 6.92 Å². The number of nitrogens with one attached hydrogen (secondary N) is 1. The van der Waals surface area contributed by atoms with Gasteiger partial charge in [0.1, 0.15) is 11.5 Å². The van der Waals surface area contributed by atoms with E-state index in [-0.39, 0.29) is 6.04 Å². The number of ether oxygens (including phenoxy) is 2. The van der Waals surface area contributed by atoms with Gasteiger partial charge in [0.15, 0.2) is 0 Å². The van der Waals surface area contributed by atoms with Gasteiger partial charge < -0.3 is 14.8 Å². The van der Waals surface area contributed by atoms with Gasteiger partial charge in [0.25, 0.3) is 0 Å². The third-order valence-electron chi connectivity index (χ3n) is 3.02. The van der Waals surface area contributed by atoms with Crippen molar-refractivity contribution in [2.45, 2.75) is 19.9 Å². The van der Waals surface area contributed by atoms with E-state index in [1.54, 1.807) is 31.6 Å². The van der Waals surface area contributed by atoms with Gasteiger partial charge >= 0.3 is 0 Å². The number of thiazole rings is 1. The number of hydrogen-bond donors (Lipinski definition) is 1. The molecule has 0 saturated heterocycles. The van der Waals surface area contributed by atoms with Gasteiger partial charge in [0, 0.05) is 17.0 Å². The molecule has 0 amide bonds. The fraction of sp³-hybridized carbons (Fsp3) is 0.357. The summed E-state index contributed by atoms with van der Waals surface area (Å²) in [4.78, 5) is 5.47. The quantitative estimate of drug-likeness (QED) is 0.894. The molecule has 4 nitrogen and oxygen atoms in total. The van der Waals surface area contributed by atoms with Gasteiger partial charge in [-0.25, -0.2) is 4.98 Å². The second-order valence-electron chi connectivity index (χ2n) is 4.36. The molecule has 0 bridgehead atoms. The van der Waals surface area contributed by atoms with Crippen LogP contribution in [0.3, 0.4) is 0 Å². The van der Waals surface area contributed by atoms with Gasteiger partial charge in [0.2, 0.25) is 0 Å². The minimum atomic E-state index is 0.127. The lowest BCUT2D eigenvalue weighted by Gasteiger charge is -2.18. The second-order valence-corrected chi connectivity index (χ2v) is 5.65. The molecule has 108 valence electrons. The minimum absolute atomic E-state index is 0.127. The summed E-state index contributed by atoms with van der Waals surface area (Å²) in [5.41, 5.74) is 3.73. The lowest BCUT2D eigenvalue weighted by Crippen LogP contribution is -2.07. The number of halogens is 1. The first-order chi connectivity index (χ1) is 9.56. The Labute approximate surface area is 127 Å². The summed E-state index contributed by atoms with van der Waals surface area (Å²) in [5.74, 6) is 1.30. The Morgan fingerprint density at radius 3 is 2.50 bits per heavy atom. The Kier molecular flexibility index (Phi) is 4.73. The number of rotatable bonds is 5. The summed E-state index contributed by atoms with van der Waals surface area (Å²) in [6.45, 7) is 4.09. The fourth-order valence-corrected chi connectivity index (χ4v) is 3.04. The topological polar surface area (TPSA) is 43.4 Å². The minimum Gasteiger partial charge on any atom is -0.495 e. The first-order valence-electron chi connectivity index (χ1n) is 6.14. The van der Waals surface area contributed by atoms with Crippen LogP contribution < -0.4 is 14.8 Å². The Hall–Kier alpha value is -1.46. The molecule has 1 heterocycles. The number of hydrogen-bond acceptors (Lipinski definition) is 5. The molecule has 0 radical (unpaired) electrons. The Morgan fingerprint density at radius 2 is 1.95 bits per heavy atom. The van der Waals surface area contributed by atoms with E-state index in [9.17, 15) is 0 Å². The average molecular weight is 313 g/mol. The highest BCUT2D eigenvalue weighted by atomic mass is 35.5. The number of aryl methyl sites for hydroxylation is 1. The first-order valence-corrected chi connectivity index (χ1v) is 7.40. The summed E-state index contributed by atoms with van der Waals surface area (Å²) in [6, 6.07) is 3.71. The van der Waals surface area contributed by atoms with E-state index in [0.29, 0.717) is 16.5 Å². The van der Waals surface area contributed by atoms with Crippen LogP contribution in [0.25, 0.3) is 0 Å². The SMILES string of the molecule is COc1cc(NC(C)c2scnc2C)c(OC)cc1Cl. The summed E-state index contributed by atoms with van der Waals surface area (Å²) >= 11 is 7.73. The smallest absolute Gasteiger partial charge is 0.143 e. The third-order valence-corrected chi connectivity index (χ3v) is 4.43. The highest BCUT2D eigenvalue weighted by molar-refractivity contribution is 7.09. The van der Waals surface area contributed by atoms with E-state index in [0.717, 1.165) is 11.4 Å². The molecule has 0 aliphatic rings. The predicted molar refractivity (Wildman–Crippen MR) is 83.4 cm³/mol. The maximum Gasteiger partial charge on any atom is 0.143 e. The second kappa shape index (κ2) is 6.33. The van der Waals surface area contributed by atoms with E-state index in [2.05, 4.69) is 17.2 Å². The molecule has 1 aromatic heterocycles. The fourth-order valence-electron chi connectivity index (χ4n) is 2.00. The van der Waals surface area contributed by atoms with Crippen molar-refractivity contribution in [2.75, 3.05) is 19.5 Å². The zero-order valence-electron chi connectivity index (χ0n) is 11.9. The van der Waals surface area contributed by atoms with E-state index in [1.807, 2.05) is 18.5 Å². The van der Waals surface area contributed by atoms with Crippen molar-refractivity contribution in [1.29, 1.82) is 0 Å². The summed E-state index contributed by atoms with van der Waals surface area (Å²) in [6.07, 6.45) is 0. The molecule has 1 aromatic carbocycles. The van der Waals surface area contributed by atoms with Crippen molar-refractivity contribution in [3.8, 4) is 11.5 Å². The van der Waals surface area contributed by atoms with Crippen molar-refractivity contribution < 1.29 is 9.47 Å². The van der Waals surface area contributed by atoms with E-state index in [4.69, 9.17) is 21.1 Å². The van der Waals surface area contributed by atoms with Crippen LogP contribution in [-0.2, 0) is 0 Å². The number of methoxy groups -OCH3 is 2. The molecular weight excluding hydrogens is 296 g/mol. The predicted octanol–water partition coefficient (Wildman–Crippen LogP) is 4.30. The van der Waals surface area contributed by atoms with Gasteiger partial charge in [-0.1, -0.05) is 11.6 Å². The number of nitrogens with zero attached hydrogens (tertiary/aromatic N) is 1. The standard InChI is InChI=1S/C14H17ClN2O2S/c1-8-14(20-7-16-8)9(2)17-11-6-12(18-3)10(15)5-13(11)19-4/h5-7,9,17H,1-4H3. The third kappa shape index (κ3) is 2.99. The van der Waals surface area contributed by atoms with Gasteiger partial charge in [0.05, 0.1) is 42.2 Å². The molecule has 1 unspecified atom stereocenters. The van der Waals surface area contributed by atoms with E-state index < -0.39 is 0 Å². The highest BCUT2D eigenvalue weighted by Crippen LogP contribution is 2.38. The Bertz CT molecular complexity index is 601. The van der Waals surface area contributed by atoms with Crippen molar-refractivity contribution in [3.63, 3.8) is 0 Å². The lowest BCUT2D eigenvalue weighted by molar-refractivity contribution is 0.404. The molecular formula is C14H17ClN2O2S. The molecule has 2 rings (SSSR count). The van der Waals surface area contributed by atoms with Crippen molar-refractivity contribution in [1.82, 2.24) is 4.98 Å². The van der Waals surface area contributed by atoms with Crippen LogP contribution in [0.5, 0.6) is 11.5 Å². The zero-order valence-corrected chi connectivity index (χ0v) is 13.4. The van der Waals surface area contributed by atoms with Crippen LogP contribution in [0.15, 0.2) is 17.6 Å². The van der Waals surface area contributed by atoms with Gasteiger partial charge in [-0.2, -0.15) is 0 Å². The molecule has 1 N–H and O–H groups in total. The van der Waals surface area contributed by atoms with Crippen molar-refractivity contribution in [2.24, 2.45) is 0 Å². The van der Waals surface area contributed by atoms with Crippen LogP contribution in [0.4, 0.5) is 5.69 Å². The summed E-state index contributed by atoms with van der Waals surface area (Å²) < 4.78 is 10.6. The molecule has 2 aromatic rings. The Balaban J connectivity index is 2.30. The summed E-state index contributed by atoms with van der Waals surface area (Å²) in [5, 5.41) is 3.94. The van der Waals surface area contributed by atoms with Gasteiger partial charge in [-0.05, 0) is 13.8 Å². The highest BCUT2D eigenvalue weighted by Gasteiger charge is 2.15. The van der Waals surface area contributed by atoms with Crippen molar-refractivity contribution >= 4 is 28.6 Å². The number of aromatic nitrogens is 1. The molecule has 0 saturated carbocycles. The van der Waals surface area contributed by atoms with E-state index in [1.165, 1.54) is 4.88 Å². The lowest BCUT2D eigenvalue weighted by atomic mass is 10.2. The van der Waals surface area contributed by atoms with Crippen molar-refractivity contribution in [3.05, 3.63) is 33.2 Å². The van der Waals surface area contributed by atoms with Gasteiger partial charge in [-0.15, -0.1) is 11.3 Å². The van der Waals surface area contributed by atoms with Crippen LogP contribution in [-0.4, -0.2) is 19.2 Å². The maximum absolute atomic E-state index is 6.10. The van der Waals surface area contributed by atoms with Crippen LogP contribution >= 0.6 is 22.9 Å². The van der Waals surface area contributed by atoms with Gasteiger partial charge in [-0.3, -0.25) is 0 Å². The van der Waals surface area contributed by atoms with E-state index >= 15 is 0 Å². The molecule has 6 heteroatoms. The largest absolute Gasteiger partial charge is 0.495 e. The van der Waals surface area contributed by atoms with Crippen LogP contribution in [0.1, 0.15) is 23.5 Å². The molecule has 0 aliphatic heterocycles. The molecule has 0 aliphatic carbocycles. The molecule has 20 heavy (non-hydrogen) atoms. The zero-order chi connectivity index (χ0) is 14.7. The monoisotopic (exact) mass is 312 g/mol. The molecule has 0 spiro atoms. The Morgan fingerprint density at radius 1 is 1.25 bits per heavy atom. The maximum atomic E-state index is 6.10. The number of anilines is 1. The van der Waals surface area contributed by atoms with Crippen LogP contribution in [0.2, 0.25) is 5.02 Å². The average Bonchev–Trinajstić information content (AvgIpc) is 2.86. The number of benzene rings is 1. The first kappa shape index (κ1) is 14.9. The normalized spacial score (nSPS) is 12.1. The molecule has 0 fully saturated rings. The molecule has 1 atom stereocenters. The summed E-state index contributed by atoms with van der Waals surface area (Å²) in [7, 11) is 3.21.